The van der Waals surface area contributed by atoms with Gasteiger partial charge >= 0.3 is 0 Å². The molecule has 2 aromatic rings. The lowest BCUT2D eigenvalue weighted by molar-refractivity contribution is -0.115. The zero-order valence-corrected chi connectivity index (χ0v) is 15.2. The molecule has 1 atom stereocenters. The lowest BCUT2D eigenvalue weighted by Crippen LogP contribution is -2.22. The van der Waals surface area contributed by atoms with Gasteiger partial charge in [-0.1, -0.05) is 55.1 Å². The first-order valence-electron chi connectivity index (χ1n) is 7.03. The summed E-state index contributed by atoms with van der Waals surface area (Å²) in [5.41, 5.74) is 0. The Morgan fingerprint density at radius 3 is 2.64 bits per heavy atom. The molecule has 1 amide bonds. The third-order valence-corrected chi connectivity index (χ3v) is 6.11. The van der Waals surface area contributed by atoms with Crippen molar-refractivity contribution in [1.82, 2.24) is 10.2 Å². The number of hydrogen-bond donors (Lipinski definition) is 1. The number of benzene rings is 1. The lowest BCUT2D eigenvalue weighted by atomic mass is 10.3. The van der Waals surface area contributed by atoms with Crippen LogP contribution in [0, 0.1) is 5.92 Å². The highest BCUT2D eigenvalue weighted by atomic mass is 32.2. The van der Waals surface area contributed by atoms with Gasteiger partial charge in [0.1, 0.15) is 0 Å². The maximum absolute atomic E-state index is 12.2. The molecule has 7 heteroatoms. The smallest absolute Gasteiger partial charge is 0.239 e. The van der Waals surface area contributed by atoms with Crippen LogP contribution < -0.4 is 5.32 Å². The quantitative estimate of drug-likeness (QED) is 0.590. The Labute approximate surface area is 143 Å². The minimum absolute atomic E-state index is 0.0505. The van der Waals surface area contributed by atoms with Crippen LogP contribution in [-0.4, -0.2) is 27.1 Å². The van der Waals surface area contributed by atoms with Crippen molar-refractivity contribution in [2.75, 3.05) is 11.1 Å². The van der Waals surface area contributed by atoms with E-state index in [9.17, 15) is 4.79 Å². The van der Waals surface area contributed by atoms with Crippen LogP contribution in [0.3, 0.4) is 0 Å². The number of anilines is 1. The van der Waals surface area contributed by atoms with Gasteiger partial charge in [0.2, 0.25) is 11.0 Å². The summed E-state index contributed by atoms with van der Waals surface area (Å²) in [6.07, 6.45) is 0. The van der Waals surface area contributed by atoms with E-state index in [4.69, 9.17) is 0 Å². The maximum Gasteiger partial charge on any atom is 0.239 e. The van der Waals surface area contributed by atoms with Crippen molar-refractivity contribution < 1.29 is 4.79 Å². The van der Waals surface area contributed by atoms with E-state index in [2.05, 4.69) is 29.4 Å². The third-order valence-electron chi connectivity index (χ3n) is 2.60. The van der Waals surface area contributed by atoms with E-state index in [1.54, 1.807) is 11.8 Å². The first-order valence-corrected chi connectivity index (χ1v) is 9.71. The molecule has 1 heterocycles. The predicted octanol–water partition coefficient (Wildman–Crippen LogP) is 4.41. The molecule has 0 aliphatic carbocycles. The fourth-order valence-corrected chi connectivity index (χ4v) is 4.14. The molecule has 0 unspecified atom stereocenters. The summed E-state index contributed by atoms with van der Waals surface area (Å²) in [7, 11) is 0. The number of hydrogen-bond acceptors (Lipinski definition) is 6. The number of thioether (sulfide) groups is 2. The highest BCUT2D eigenvalue weighted by molar-refractivity contribution is 8.01. The van der Waals surface area contributed by atoms with Crippen LogP contribution in [0.1, 0.15) is 20.8 Å². The molecule has 0 fully saturated rings. The number of rotatable bonds is 7. The summed E-state index contributed by atoms with van der Waals surface area (Å²) < 4.78 is 0.896. The highest BCUT2D eigenvalue weighted by Gasteiger charge is 2.16. The number of nitrogens with zero attached hydrogens (tertiary/aromatic N) is 2. The molecular formula is C15H19N3OS3. The van der Waals surface area contributed by atoms with Gasteiger partial charge in [0.15, 0.2) is 4.34 Å². The number of carbonyl (C=O) groups is 1. The Kier molecular flexibility index (Phi) is 6.72. The van der Waals surface area contributed by atoms with Gasteiger partial charge in [0.05, 0.1) is 5.25 Å². The first-order chi connectivity index (χ1) is 10.5. The molecule has 1 aromatic heterocycles. The molecule has 2 rings (SSSR count). The van der Waals surface area contributed by atoms with E-state index >= 15 is 0 Å². The van der Waals surface area contributed by atoms with Crippen molar-refractivity contribution in [2.24, 2.45) is 5.92 Å². The fourth-order valence-electron chi connectivity index (χ4n) is 1.52. The van der Waals surface area contributed by atoms with E-state index in [0.29, 0.717) is 11.0 Å². The standard InChI is InChI=1S/C15H19N3OS3/c1-10(2)9-20-15-18-17-14(22-15)16-13(19)11(3)21-12-7-5-4-6-8-12/h4-8,10-11H,9H2,1-3H3,(H,16,17,19)/t11-/m0/s1. The molecule has 0 spiro atoms. The third kappa shape index (κ3) is 5.62. The summed E-state index contributed by atoms with van der Waals surface area (Å²) >= 11 is 4.63. The van der Waals surface area contributed by atoms with Gasteiger partial charge in [-0.2, -0.15) is 0 Å². The molecule has 22 heavy (non-hydrogen) atoms. The topological polar surface area (TPSA) is 54.9 Å². The SMILES string of the molecule is CC(C)CSc1nnc(NC(=O)[C@H](C)Sc2ccccc2)s1. The summed E-state index contributed by atoms with van der Waals surface area (Å²) in [5.74, 6) is 1.56. The average Bonchev–Trinajstić information content (AvgIpc) is 2.93. The van der Waals surface area contributed by atoms with Crippen molar-refractivity contribution in [3.63, 3.8) is 0 Å². The van der Waals surface area contributed by atoms with Crippen molar-refractivity contribution in [3.8, 4) is 0 Å². The van der Waals surface area contributed by atoms with E-state index in [1.807, 2.05) is 37.3 Å². The van der Waals surface area contributed by atoms with Gasteiger partial charge in [-0.05, 0) is 25.0 Å². The van der Waals surface area contributed by atoms with Crippen molar-refractivity contribution in [3.05, 3.63) is 30.3 Å². The van der Waals surface area contributed by atoms with Crippen LogP contribution in [0.2, 0.25) is 0 Å². The summed E-state index contributed by atoms with van der Waals surface area (Å²) in [6, 6.07) is 9.90. The van der Waals surface area contributed by atoms with Crippen LogP contribution in [0.25, 0.3) is 0 Å². The van der Waals surface area contributed by atoms with E-state index in [-0.39, 0.29) is 11.2 Å². The molecule has 118 valence electrons. The van der Waals surface area contributed by atoms with Crippen LogP contribution in [0.15, 0.2) is 39.6 Å². The molecule has 1 aromatic carbocycles. The predicted molar refractivity (Wildman–Crippen MR) is 95.9 cm³/mol. The molecule has 4 nitrogen and oxygen atoms in total. The maximum atomic E-state index is 12.2. The van der Waals surface area contributed by atoms with Gasteiger partial charge in [0, 0.05) is 10.6 Å². The second kappa shape index (κ2) is 8.55. The second-order valence-corrected chi connectivity index (χ2v) is 8.80. The normalized spacial score (nSPS) is 12.4. The first kappa shape index (κ1) is 17.3. The van der Waals surface area contributed by atoms with Crippen LogP contribution >= 0.6 is 34.9 Å². The summed E-state index contributed by atoms with van der Waals surface area (Å²) in [6.45, 7) is 6.22. The van der Waals surface area contributed by atoms with Crippen LogP contribution in [-0.2, 0) is 4.79 Å². The Hall–Kier alpha value is -1.05. The molecule has 0 radical (unpaired) electrons. The molecule has 1 N–H and O–H groups in total. The highest BCUT2D eigenvalue weighted by Crippen LogP contribution is 2.28. The van der Waals surface area contributed by atoms with Crippen molar-refractivity contribution in [1.29, 1.82) is 0 Å². The Balaban J connectivity index is 1.86. The van der Waals surface area contributed by atoms with E-state index < -0.39 is 0 Å². The lowest BCUT2D eigenvalue weighted by Gasteiger charge is -2.09. The van der Waals surface area contributed by atoms with E-state index in [1.165, 1.54) is 23.1 Å². The number of amides is 1. The molecule has 0 saturated heterocycles. The van der Waals surface area contributed by atoms with Gasteiger partial charge < -0.3 is 0 Å². The van der Waals surface area contributed by atoms with E-state index in [0.717, 1.165) is 15.0 Å². The zero-order chi connectivity index (χ0) is 15.9. The minimum Gasteiger partial charge on any atom is -0.300 e. The van der Waals surface area contributed by atoms with Crippen molar-refractivity contribution in [2.45, 2.75) is 35.3 Å². The van der Waals surface area contributed by atoms with Crippen LogP contribution in [0.5, 0.6) is 0 Å². The monoisotopic (exact) mass is 353 g/mol. The van der Waals surface area contributed by atoms with Gasteiger partial charge in [-0.3, -0.25) is 10.1 Å². The van der Waals surface area contributed by atoms with Gasteiger partial charge in [0.25, 0.3) is 0 Å². The molecule has 0 bridgehead atoms. The number of nitrogens with one attached hydrogen (secondary N) is 1. The zero-order valence-electron chi connectivity index (χ0n) is 12.8. The van der Waals surface area contributed by atoms with Gasteiger partial charge in [-0.25, -0.2) is 0 Å². The average molecular weight is 354 g/mol. The van der Waals surface area contributed by atoms with Crippen LogP contribution in [0.4, 0.5) is 5.13 Å². The molecule has 0 aliphatic rings. The van der Waals surface area contributed by atoms with Crippen molar-refractivity contribution >= 4 is 45.9 Å². The molecular weight excluding hydrogens is 334 g/mol. The molecule has 0 aliphatic heterocycles. The summed E-state index contributed by atoms with van der Waals surface area (Å²) in [5, 5.41) is 11.4. The Morgan fingerprint density at radius 2 is 1.95 bits per heavy atom. The van der Waals surface area contributed by atoms with Gasteiger partial charge in [-0.15, -0.1) is 22.0 Å². The Bertz CT molecular complexity index is 601. The largest absolute Gasteiger partial charge is 0.300 e. The fraction of sp³-hybridized carbons (Fsp3) is 0.400. The second-order valence-electron chi connectivity index (χ2n) is 5.14. The Morgan fingerprint density at radius 1 is 1.23 bits per heavy atom. The molecule has 0 saturated carbocycles. The minimum atomic E-state index is -0.182. The summed E-state index contributed by atoms with van der Waals surface area (Å²) in [4.78, 5) is 13.3. The number of aromatic nitrogens is 2. The number of carbonyl (C=O) groups excluding carboxylic acids is 1.